The van der Waals surface area contributed by atoms with Crippen LogP contribution in [0.2, 0.25) is 0 Å². The number of hydrogen-bond acceptors (Lipinski definition) is 7. The topological polar surface area (TPSA) is 106 Å². The Kier molecular flexibility index (Phi) is 5.62. The van der Waals surface area contributed by atoms with Gasteiger partial charge in [-0.1, -0.05) is 23.9 Å². The number of ether oxygens (including phenoxy) is 2. The SMILES string of the molecule is CCOC(=O)c1c(C)[nH]c(C(=O)[C@@H](C)OC(=O)[C@]23CCC(=O)N2c2ccccc2S3)c1C. The van der Waals surface area contributed by atoms with Crippen molar-refractivity contribution in [2.75, 3.05) is 11.5 Å². The normalized spacial score (nSPS) is 20.0. The van der Waals surface area contributed by atoms with Crippen LogP contribution in [0.25, 0.3) is 0 Å². The Morgan fingerprint density at radius 1 is 1.25 bits per heavy atom. The number of carbonyl (C=O) groups excluding carboxylic acids is 4. The quantitative estimate of drug-likeness (QED) is 0.523. The van der Waals surface area contributed by atoms with Gasteiger partial charge in [-0.05, 0) is 45.4 Å². The predicted molar refractivity (Wildman–Crippen MR) is 118 cm³/mol. The third-order valence-electron chi connectivity index (χ3n) is 5.81. The maximum atomic E-state index is 13.3. The number of nitrogens with zero attached hydrogens (tertiary/aromatic N) is 1. The fourth-order valence-corrected chi connectivity index (χ4v) is 5.69. The van der Waals surface area contributed by atoms with Crippen molar-refractivity contribution in [3.8, 4) is 0 Å². The highest BCUT2D eigenvalue weighted by molar-refractivity contribution is 8.02. The number of benzene rings is 1. The van der Waals surface area contributed by atoms with Crippen LogP contribution in [0.5, 0.6) is 0 Å². The Balaban J connectivity index is 1.56. The molecular formula is C23H24N2O6S. The molecule has 0 bridgehead atoms. The number of hydrogen-bond donors (Lipinski definition) is 1. The standard InChI is InChI=1S/C23H24N2O6S/c1-5-30-21(28)18-12(2)19(24-13(18)3)20(27)14(4)31-22(29)23-11-10-17(26)25(23)15-8-6-7-9-16(15)32-23/h6-9,14,24H,5,10-11H2,1-4H3/t14-,23-/m1/s1. The van der Waals surface area contributed by atoms with Crippen LogP contribution in [0.1, 0.15) is 58.8 Å². The molecule has 1 aromatic carbocycles. The number of rotatable bonds is 6. The summed E-state index contributed by atoms with van der Waals surface area (Å²) in [4.78, 5) is 55.2. The molecule has 1 aromatic heterocycles. The number of amides is 1. The number of anilines is 1. The first-order valence-electron chi connectivity index (χ1n) is 10.4. The lowest BCUT2D eigenvalue weighted by Crippen LogP contribution is -2.49. The lowest BCUT2D eigenvalue weighted by molar-refractivity contribution is -0.149. The van der Waals surface area contributed by atoms with Crippen LogP contribution in [-0.4, -0.2) is 46.2 Å². The van der Waals surface area contributed by atoms with Crippen LogP contribution < -0.4 is 4.90 Å². The Morgan fingerprint density at radius 3 is 2.69 bits per heavy atom. The van der Waals surface area contributed by atoms with Gasteiger partial charge < -0.3 is 14.5 Å². The zero-order valence-electron chi connectivity index (χ0n) is 18.3. The Morgan fingerprint density at radius 2 is 1.97 bits per heavy atom. The van der Waals surface area contributed by atoms with Crippen molar-refractivity contribution < 1.29 is 28.7 Å². The molecular weight excluding hydrogens is 432 g/mol. The second kappa shape index (κ2) is 8.12. The van der Waals surface area contributed by atoms with Crippen molar-refractivity contribution >= 4 is 41.1 Å². The molecule has 2 aliphatic rings. The second-order valence-corrected chi connectivity index (χ2v) is 9.16. The van der Waals surface area contributed by atoms with Crippen LogP contribution >= 0.6 is 11.8 Å². The smallest absolute Gasteiger partial charge is 0.344 e. The molecule has 2 aromatic rings. The van der Waals surface area contributed by atoms with Gasteiger partial charge in [-0.3, -0.25) is 14.5 Å². The van der Waals surface area contributed by atoms with E-state index in [1.807, 2.05) is 18.2 Å². The Hall–Kier alpha value is -3.07. The van der Waals surface area contributed by atoms with Gasteiger partial charge in [-0.25, -0.2) is 9.59 Å². The molecule has 4 rings (SSSR count). The van der Waals surface area contributed by atoms with Crippen LogP contribution in [-0.2, 0) is 19.1 Å². The summed E-state index contributed by atoms with van der Waals surface area (Å²) >= 11 is 1.28. The molecule has 0 unspecified atom stereocenters. The molecule has 9 heteroatoms. The number of aromatic amines is 1. The number of nitrogens with one attached hydrogen (secondary N) is 1. The largest absolute Gasteiger partial charge is 0.462 e. The minimum Gasteiger partial charge on any atom is -0.462 e. The summed E-state index contributed by atoms with van der Waals surface area (Å²) < 4.78 is 10.7. The van der Waals surface area contributed by atoms with Crippen LogP contribution in [0.15, 0.2) is 29.2 Å². The molecule has 0 aliphatic carbocycles. The minimum absolute atomic E-state index is 0.145. The third-order valence-corrected chi connectivity index (χ3v) is 7.26. The maximum absolute atomic E-state index is 13.3. The van der Waals surface area contributed by atoms with Crippen LogP contribution in [0.4, 0.5) is 5.69 Å². The van der Waals surface area contributed by atoms with Gasteiger partial charge in [-0.15, -0.1) is 0 Å². The Bertz CT molecular complexity index is 1140. The van der Waals surface area contributed by atoms with Crippen molar-refractivity contribution in [3.63, 3.8) is 0 Å². The molecule has 3 heterocycles. The van der Waals surface area contributed by atoms with Gasteiger partial charge in [0.2, 0.25) is 11.7 Å². The van der Waals surface area contributed by atoms with E-state index in [1.165, 1.54) is 23.6 Å². The average molecular weight is 457 g/mol. The third kappa shape index (κ3) is 3.31. The van der Waals surface area contributed by atoms with Crippen molar-refractivity contribution in [1.82, 2.24) is 4.98 Å². The summed E-state index contributed by atoms with van der Waals surface area (Å²) in [6, 6.07) is 7.32. The first-order valence-corrected chi connectivity index (χ1v) is 11.3. The molecule has 0 radical (unpaired) electrons. The van der Waals surface area contributed by atoms with Crippen LogP contribution in [0.3, 0.4) is 0 Å². The molecule has 1 N–H and O–H groups in total. The molecule has 2 atom stereocenters. The summed E-state index contributed by atoms with van der Waals surface area (Å²) in [5.74, 6) is -1.74. The van der Waals surface area contributed by atoms with Crippen molar-refractivity contribution in [1.29, 1.82) is 0 Å². The fourth-order valence-electron chi connectivity index (χ4n) is 4.29. The zero-order valence-corrected chi connectivity index (χ0v) is 19.1. The minimum atomic E-state index is -1.20. The lowest BCUT2D eigenvalue weighted by atomic mass is 10.1. The van der Waals surface area contributed by atoms with E-state index in [9.17, 15) is 19.2 Å². The first-order chi connectivity index (χ1) is 15.2. The molecule has 8 nitrogen and oxygen atoms in total. The monoisotopic (exact) mass is 456 g/mol. The van der Waals surface area contributed by atoms with Gasteiger partial charge in [0, 0.05) is 23.4 Å². The first kappa shape index (κ1) is 22.1. The Labute approximate surface area is 189 Å². The van der Waals surface area contributed by atoms with Crippen molar-refractivity contribution in [3.05, 3.63) is 46.8 Å². The van der Waals surface area contributed by atoms with E-state index in [2.05, 4.69) is 4.98 Å². The number of carbonyl (C=O) groups is 4. The van der Waals surface area contributed by atoms with E-state index in [1.54, 1.807) is 26.8 Å². The number of ketones is 1. The summed E-state index contributed by atoms with van der Waals surface area (Å²) in [7, 11) is 0. The van der Waals surface area contributed by atoms with E-state index < -0.39 is 28.7 Å². The van der Waals surface area contributed by atoms with Gasteiger partial charge in [0.05, 0.1) is 23.6 Å². The van der Waals surface area contributed by atoms with E-state index in [4.69, 9.17) is 9.47 Å². The zero-order chi connectivity index (χ0) is 23.2. The van der Waals surface area contributed by atoms with Gasteiger partial charge in [0.15, 0.2) is 11.0 Å². The molecule has 1 saturated heterocycles. The van der Waals surface area contributed by atoms with E-state index in [0.717, 1.165) is 4.90 Å². The number of para-hydroxylation sites is 1. The molecule has 2 aliphatic heterocycles. The van der Waals surface area contributed by atoms with E-state index in [-0.39, 0.29) is 24.6 Å². The highest BCUT2D eigenvalue weighted by Crippen LogP contribution is 2.56. The van der Waals surface area contributed by atoms with Gasteiger partial charge >= 0.3 is 11.9 Å². The van der Waals surface area contributed by atoms with Crippen LogP contribution in [0, 0.1) is 13.8 Å². The summed E-state index contributed by atoms with van der Waals surface area (Å²) in [5.41, 5.74) is 2.15. The predicted octanol–water partition coefficient (Wildman–Crippen LogP) is 3.55. The highest BCUT2D eigenvalue weighted by Gasteiger charge is 2.59. The molecule has 168 valence electrons. The highest BCUT2D eigenvalue weighted by atomic mass is 32.2. The van der Waals surface area contributed by atoms with E-state index >= 15 is 0 Å². The number of aromatic nitrogens is 1. The van der Waals surface area contributed by atoms with Gasteiger partial charge in [0.25, 0.3) is 0 Å². The molecule has 0 saturated carbocycles. The van der Waals surface area contributed by atoms with Gasteiger partial charge in [0.1, 0.15) is 0 Å². The van der Waals surface area contributed by atoms with Crippen molar-refractivity contribution in [2.45, 2.75) is 56.4 Å². The molecule has 1 amide bonds. The second-order valence-electron chi connectivity index (χ2n) is 7.84. The maximum Gasteiger partial charge on any atom is 0.344 e. The number of thioether (sulfide) groups is 1. The molecule has 32 heavy (non-hydrogen) atoms. The summed E-state index contributed by atoms with van der Waals surface area (Å²) in [6.45, 7) is 6.75. The summed E-state index contributed by atoms with van der Waals surface area (Å²) in [5, 5.41) is 0. The molecule has 0 spiro atoms. The number of Topliss-reactive ketones (excluding diaryl/α,β-unsaturated/α-hetero) is 1. The number of esters is 2. The number of fused-ring (bicyclic) bond motifs is 3. The fraction of sp³-hybridized carbons (Fsp3) is 0.391. The average Bonchev–Trinajstić information content (AvgIpc) is 3.37. The lowest BCUT2D eigenvalue weighted by Gasteiger charge is -2.29. The number of aryl methyl sites for hydroxylation is 1. The van der Waals surface area contributed by atoms with Crippen molar-refractivity contribution in [2.24, 2.45) is 0 Å². The number of H-pyrrole nitrogens is 1. The van der Waals surface area contributed by atoms with Gasteiger partial charge in [-0.2, -0.15) is 0 Å². The van der Waals surface area contributed by atoms with E-state index in [0.29, 0.717) is 28.9 Å². The summed E-state index contributed by atoms with van der Waals surface area (Å²) in [6.07, 6.45) is -0.569. The molecule has 1 fully saturated rings.